The van der Waals surface area contributed by atoms with E-state index in [2.05, 4.69) is 0 Å². The summed E-state index contributed by atoms with van der Waals surface area (Å²) in [6.45, 7) is 7.31. The Morgan fingerprint density at radius 1 is 0.500 bits per heavy atom. The average molecular weight is 581 g/mol. The molecule has 0 aromatic carbocycles. The molecule has 13 nitrogen and oxygen atoms in total. The molecular weight excluding hydrogens is 532 g/mol. The van der Waals surface area contributed by atoms with E-state index in [1.165, 1.54) is 0 Å². The second-order valence-electron chi connectivity index (χ2n) is 11.2. The van der Waals surface area contributed by atoms with Crippen LogP contribution in [0.1, 0.15) is 53.4 Å². The number of methoxy groups -OCH3 is 3. The van der Waals surface area contributed by atoms with Crippen molar-refractivity contribution in [2.45, 2.75) is 152 Å². The second kappa shape index (κ2) is 14.3. The van der Waals surface area contributed by atoms with Gasteiger partial charge in [0.15, 0.2) is 25.2 Å². The zero-order valence-corrected chi connectivity index (χ0v) is 24.5. The lowest BCUT2D eigenvalue weighted by atomic mass is 9.99. The van der Waals surface area contributed by atoms with E-state index >= 15 is 0 Å². The van der Waals surface area contributed by atoms with Crippen LogP contribution in [0.5, 0.6) is 0 Å². The molecule has 4 rings (SSSR count). The molecule has 0 aromatic heterocycles. The number of aliphatic hydroxyl groups is 3. The first-order chi connectivity index (χ1) is 19.0. The van der Waals surface area contributed by atoms with E-state index in [1.807, 2.05) is 13.8 Å². The predicted octanol–water partition coefficient (Wildman–Crippen LogP) is 0.441. The maximum atomic E-state index is 10.4. The van der Waals surface area contributed by atoms with E-state index in [0.29, 0.717) is 19.3 Å². The fourth-order valence-electron chi connectivity index (χ4n) is 6.12. The molecule has 234 valence electrons. The summed E-state index contributed by atoms with van der Waals surface area (Å²) in [5.74, 6) is 0. The molecular formula is C27H48O13. The Labute approximate surface area is 236 Å². The Balaban J connectivity index is 1.33. The number of ether oxygens (including phenoxy) is 10. The van der Waals surface area contributed by atoms with Crippen molar-refractivity contribution < 1.29 is 62.7 Å². The van der Waals surface area contributed by atoms with Crippen LogP contribution in [0.2, 0.25) is 0 Å². The minimum atomic E-state index is -1.02. The molecule has 16 atom stereocenters. The van der Waals surface area contributed by atoms with E-state index in [4.69, 9.17) is 47.4 Å². The van der Waals surface area contributed by atoms with Gasteiger partial charge in [-0.25, -0.2) is 0 Å². The third kappa shape index (κ3) is 7.51. The molecule has 0 aromatic rings. The fourth-order valence-corrected chi connectivity index (χ4v) is 6.12. The SMILES string of the molecule is CO[C@H]1C[C@H](O[C@H]2[C@@H](OC)C[C@H](O[C@@H]3[C@@H](C)O[C@@H](O[C@H]4[C@@H](O)C[C@H](O)O[C@@H]4C)C[C@H]3OC)O[C@@H]2C)O[C@H](C)[C@H]1O. The van der Waals surface area contributed by atoms with Gasteiger partial charge in [0.2, 0.25) is 0 Å². The van der Waals surface area contributed by atoms with E-state index in [0.717, 1.165) is 0 Å². The first-order valence-electron chi connectivity index (χ1n) is 14.2. The quantitative estimate of drug-likeness (QED) is 0.346. The Morgan fingerprint density at radius 2 is 0.900 bits per heavy atom. The van der Waals surface area contributed by atoms with Gasteiger partial charge in [-0.05, 0) is 27.7 Å². The Bertz CT molecular complexity index is 763. The summed E-state index contributed by atoms with van der Waals surface area (Å²) in [7, 11) is 4.79. The Kier molecular flexibility index (Phi) is 11.6. The molecule has 0 saturated carbocycles. The van der Waals surface area contributed by atoms with E-state index in [-0.39, 0.29) is 30.8 Å². The van der Waals surface area contributed by atoms with E-state index in [1.54, 1.807) is 35.2 Å². The Morgan fingerprint density at radius 3 is 1.35 bits per heavy atom. The van der Waals surface area contributed by atoms with Crippen LogP contribution in [0.4, 0.5) is 0 Å². The summed E-state index contributed by atoms with van der Waals surface area (Å²) in [6, 6.07) is 0. The highest BCUT2D eigenvalue weighted by Gasteiger charge is 2.47. The number of rotatable bonds is 9. The summed E-state index contributed by atoms with van der Waals surface area (Å²) >= 11 is 0. The third-order valence-electron chi connectivity index (χ3n) is 8.39. The van der Waals surface area contributed by atoms with Crippen molar-refractivity contribution in [1.29, 1.82) is 0 Å². The average Bonchev–Trinajstić information content (AvgIpc) is 2.90. The highest BCUT2D eigenvalue weighted by Crippen LogP contribution is 2.34. The zero-order valence-electron chi connectivity index (χ0n) is 24.5. The molecule has 0 bridgehead atoms. The Hall–Kier alpha value is -0.520. The summed E-state index contributed by atoms with van der Waals surface area (Å²) in [4.78, 5) is 0. The molecule has 0 unspecified atom stereocenters. The van der Waals surface area contributed by atoms with Crippen molar-refractivity contribution in [3.8, 4) is 0 Å². The fraction of sp³-hybridized carbons (Fsp3) is 1.00. The van der Waals surface area contributed by atoms with E-state index in [9.17, 15) is 15.3 Å². The van der Waals surface area contributed by atoms with Gasteiger partial charge in [-0.3, -0.25) is 0 Å². The van der Waals surface area contributed by atoms with Crippen molar-refractivity contribution in [2.75, 3.05) is 21.3 Å². The van der Waals surface area contributed by atoms with Gasteiger partial charge in [-0.2, -0.15) is 0 Å². The number of aliphatic hydroxyl groups excluding tert-OH is 3. The van der Waals surface area contributed by atoms with Crippen LogP contribution in [0, 0.1) is 0 Å². The molecule has 0 amide bonds. The molecule has 0 aliphatic carbocycles. The van der Waals surface area contributed by atoms with Crippen molar-refractivity contribution >= 4 is 0 Å². The molecule has 4 aliphatic rings. The molecule has 40 heavy (non-hydrogen) atoms. The molecule has 0 spiro atoms. The van der Waals surface area contributed by atoms with Crippen LogP contribution >= 0.6 is 0 Å². The van der Waals surface area contributed by atoms with Crippen molar-refractivity contribution in [2.24, 2.45) is 0 Å². The first kappa shape index (κ1) is 32.4. The van der Waals surface area contributed by atoms with Crippen LogP contribution in [0.25, 0.3) is 0 Å². The van der Waals surface area contributed by atoms with Gasteiger partial charge in [0.25, 0.3) is 0 Å². The van der Waals surface area contributed by atoms with Gasteiger partial charge >= 0.3 is 0 Å². The van der Waals surface area contributed by atoms with Gasteiger partial charge < -0.3 is 62.7 Å². The van der Waals surface area contributed by atoms with Gasteiger partial charge in [-0.1, -0.05) is 0 Å². The van der Waals surface area contributed by atoms with Gasteiger partial charge in [0.05, 0.1) is 48.8 Å². The lowest BCUT2D eigenvalue weighted by molar-refractivity contribution is -0.344. The third-order valence-corrected chi connectivity index (χ3v) is 8.39. The van der Waals surface area contributed by atoms with Gasteiger partial charge in [0, 0.05) is 47.0 Å². The summed E-state index contributed by atoms with van der Waals surface area (Å²) < 4.78 is 59.3. The highest BCUT2D eigenvalue weighted by molar-refractivity contribution is 4.90. The monoisotopic (exact) mass is 580 g/mol. The van der Waals surface area contributed by atoms with E-state index < -0.39 is 74.0 Å². The largest absolute Gasteiger partial charge is 0.390 e. The minimum absolute atomic E-state index is 0.0696. The molecule has 4 saturated heterocycles. The van der Waals surface area contributed by atoms with Crippen LogP contribution in [-0.4, -0.2) is 135 Å². The molecule has 4 fully saturated rings. The number of hydrogen-bond donors (Lipinski definition) is 3. The van der Waals surface area contributed by atoms with Crippen LogP contribution < -0.4 is 0 Å². The summed E-state index contributed by atoms with van der Waals surface area (Å²) in [6.07, 6.45) is -7.51. The van der Waals surface area contributed by atoms with Crippen LogP contribution in [0.15, 0.2) is 0 Å². The maximum Gasteiger partial charge on any atom is 0.161 e. The lowest BCUT2D eigenvalue weighted by Crippen LogP contribution is -2.57. The standard InChI is InChI=1S/C27H48O13/c1-12-24(30)17(31-5)9-21(35-12)39-26-15(4)37-23(11-19(26)33-7)40-27-14(3)36-22(10-18(27)32-6)38-25-13(2)34-20(29)8-16(25)28/h12-30H,8-11H2,1-7H3/t12-,13-,14-,15-,16+,17+,18-,19+,20-,21+,22+,23+,24-,25-,26-,27-/m1/s1. The minimum Gasteiger partial charge on any atom is -0.390 e. The van der Waals surface area contributed by atoms with Crippen LogP contribution in [-0.2, 0) is 47.4 Å². The predicted molar refractivity (Wildman–Crippen MR) is 137 cm³/mol. The molecule has 3 N–H and O–H groups in total. The normalized spacial score (nSPS) is 50.5. The molecule has 4 heterocycles. The number of hydrogen-bond acceptors (Lipinski definition) is 13. The highest BCUT2D eigenvalue weighted by atomic mass is 16.8. The summed E-state index contributed by atoms with van der Waals surface area (Å²) in [5, 5.41) is 30.4. The zero-order chi connectivity index (χ0) is 29.1. The molecule has 0 radical (unpaired) electrons. The molecule has 13 heteroatoms. The first-order valence-corrected chi connectivity index (χ1v) is 14.2. The summed E-state index contributed by atoms with van der Waals surface area (Å²) in [5.41, 5.74) is 0. The van der Waals surface area contributed by atoms with Crippen molar-refractivity contribution in [1.82, 2.24) is 0 Å². The maximum absolute atomic E-state index is 10.4. The van der Waals surface area contributed by atoms with Gasteiger partial charge in [0.1, 0.15) is 24.4 Å². The smallest absolute Gasteiger partial charge is 0.161 e. The van der Waals surface area contributed by atoms with Crippen molar-refractivity contribution in [3.05, 3.63) is 0 Å². The topological polar surface area (TPSA) is 153 Å². The van der Waals surface area contributed by atoms with Crippen molar-refractivity contribution in [3.63, 3.8) is 0 Å². The lowest BCUT2D eigenvalue weighted by Gasteiger charge is -2.46. The van der Waals surface area contributed by atoms with Gasteiger partial charge in [-0.15, -0.1) is 0 Å². The second-order valence-corrected chi connectivity index (χ2v) is 11.2. The molecule has 4 aliphatic heterocycles. The van der Waals surface area contributed by atoms with Crippen LogP contribution in [0.3, 0.4) is 0 Å².